The normalized spacial score (nSPS) is 13.1. The maximum Gasteiger partial charge on any atom is 0.358 e. The highest BCUT2D eigenvalue weighted by atomic mass is 16.5. The molecule has 1 amide bonds. The molecule has 0 aliphatic carbocycles. The summed E-state index contributed by atoms with van der Waals surface area (Å²) in [5, 5.41) is 2.62. The molecule has 20 heavy (non-hydrogen) atoms. The molecule has 0 saturated heterocycles. The third kappa shape index (κ3) is 2.07. The first kappa shape index (κ1) is 12.5. The average molecular weight is 274 g/mol. The lowest BCUT2D eigenvalue weighted by atomic mass is 10.2. The quantitative estimate of drug-likeness (QED) is 0.823. The Morgan fingerprint density at radius 2 is 2.35 bits per heavy atom. The average Bonchev–Trinajstić information content (AvgIpc) is 3.11. The predicted octanol–water partition coefficient (Wildman–Crippen LogP) is 1.20. The molecule has 0 saturated carbocycles. The van der Waals surface area contributed by atoms with Crippen LogP contribution in [-0.2, 0) is 17.7 Å². The van der Waals surface area contributed by atoms with Gasteiger partial charge in [-0.3, -0.25) is 4.79 Å². The Bertz CT molecular complexity index is 649. The number of ether oxygens (including phenoxy) is 1. The Kier molecular flexibility index (Phi) is 3.02. The van der Waals surface area contributed by atoms with E-state index in [1.165, 1.54) is 13.4 Å². The number of carbonyl (C=O) groups excluding carboxylic acids is 2. The molecule has 0 aromatic carbocycles. The van der Waals surface area contributed by atoms with Crippen LogP contribution in [0.3, 0.4) is 0 Å². The number of nitrogens with zero attached hydrogens (tertiary/aromatic N) is 2. The van der Waals surface area contributed by atoms with Crippen LogP contribution in [0.4, 0.5) is 5.82 Å². The smallest absolute Gasteiger partial charge is 0.358 e. The van der Waals surface area contributed by atoms with Crippen molar-refractivity contribution in [2.24, 2.45) is 0 Å². The monoisotopic (exact) mass is 274 g/mol. The summed E-state index contributed by atoms with van der Waals surface area (Å²) in [6.07, 6.45) is 5.26. The molecule has 0 atom stereocenters. The van der Waals surface area contributed by atoms with Crippen LogP contribution in [0.2, 0.25) is 0 Å². The van der Waals surface area contributed by atoms with Crippen molar-refractivity contribution in [3.8, 4) is 0 Å². The summed E-state index contributed by atoms with van der Waals surface area (Å²) in [5.41, 5.74) is 1.86. The van der Waals surface area contributed by atoms with Crippen LogP contribution in [0.1, 0.15) is 33.0 Å². The molecular weight excluding hydrogens is 260 g/mol. The number of aromatic amines is 1. The van der Waals surface area contributed by atoms with Crippen molar-refractivity contribution in [2.45, 2.75) is 19.4 Å². The number of nitrogens with one attached hydrogen (secondary N) is 2. The summed E-state index contributed by atoms with van der Waals surface area (Å²) in [5.74, 6) is -0.686. The van der Waals surface area contributed by atoms with Crippen molar-refractivity contribution in [1.82, 2.24) is 14.5 Å². The molecule has 3 heterocycles. The van der Waals surface area contributed by atoms with E-state index in [4.69, 9.17) is 0 Å². The molecule has 0 unspecified atom stereocenters. The topological polar surface area (TPSA) is 89.0 Å². The van der Waals surface area contributed by atoms with Gasteiger partial charge in [-0.25, -0.2) is 9.78 Å². The number of hydrogen-bond acceptors (Lipinski definition) is 4. The van der Waals surface area contributed by atoms with Gasteiger partial charge in [0.25, 0.3) is 5.91 Å². The van der Waals surface area contributed by atoms with Crippen molar-refractivity contribution < 1.29 is 14.3 Å². The van der Waals surface area contributed by atoms with Gasteiger partial charge in [-0.05, 0) is 18.9 Å². The van der Waals surface area contributed by atoms with Crippen LogP contribution in [0, 0.1) is 0 Å². The minimum Gasteiger partial charge on any atom is -0.464 e. The number of rotatable bonds is 3. The van der Waals surface area contributed by atoms with Gasteiger partial charge in [-0.2, -0.15) is 0 Å². The number of fused-ring (bicyclic) bond motifs is 1. The molecule has 1 aliphatic heterocycles. The molecule has 0 bridgehead atoms. The van der Waals surface area contributed by atoms with Crippen molar-refractivity contribution in [3.63, 3.8) is 0 Å². The number of imidazole rings is 1. The third-order valence-corrected chi connectivity index (χ3v) is 3.34. The largest absolute Gasteiger partial charge is 0.464 e. The van der Waals surface area contributed by atoms with Crippen LogP contribution < -0.4 is 5.32 Å². The van der Waals surface area contributed by atoms with Crippen molar-refractivity contribution in [3.05, 3.63) is 35.5 Å². The number of carbonyl (C=O) groups is 2. The van der Waals surface area contributed by atoms with E-state index >= 15 is 0 Å². The van der Waals surface area contributed by atoms with Gasteiger partial charge in [0, 0.05) is 18.4 Å². The lowest BCUT2D eigenvalue weighted by Gasteiger charge is -2.03. The van der Waals surface area contributed by atoms with Gasteiger partial charge in [0.2, 0.25) is 0 Å². The fourth-order valence-corrected chi connectivity index (χ4v) is 2.36. The highest BCUT2D eigenvalue weighted by Gasteiger charge is 2.20. The van der Waals surface area contributed by atoms with E-state index in [0.717, 1.165) is 25.1 Å². The molecule has 2 aromatic heterocycles. The summed E-state index contributed by atoms with van der Waals surface area (Å²) in [7, 11) is 1.27. The molecular formula is C13H14N4O3. The van der Waals surface area contributed by atoms with Crippen LogP contribution >= 0.6 is 0 Å². The van der Waals surface area contributed by atoms with E-state index in [9.17, 15) is 9.59 Å². The molecule has 2 N–H and O–H groups in total. The van der Waals surface area contributed by atoms with Crippen molar-refractivity contribution >= 4 is 17.7 Å². The van der Waals surface area contributed by atoms with Gasteiger partial charge in [0.1, 0.15) is 0 Å². The summed E-state index contributed by atoms with van der Waals surface area (Å²) < 4.78 is 6.68. The van der Waals surface area contributed by atoms with Crippen LogP contribution in [-0.4, -0.2) is 33.5 Å². The Morgan fingerprint density at radius 1 is 1.50 bits per heavy atom. The van der Waals surface area contributed by atoms with Crippen LogP contribution in [0.5, 0.6) is 0 Å². The Hall–Kier alpha value is -2.57. The number of esters is 1. The van der Waals surface area contributed by atoms with Gasteiger partial charge < -0.3 is 19.6 Å². The minimum absolute atomic E-state index is 0.132. The van der Waals surface area contributed by atoms with Gasteiger partial charge >= 0.3 is 5.97 Å². The number of anilines is 1. The standard InChI is InChI=1S/C13H14N4O3/c1-20-13(19)10-11(15-7-14-10)16-12(18)8-5-9-3-2-4-17(9)6-8/h5-7H,2-4H2,1H3,(H,14,15)(H,16,18). The maximum absolute atomic E-state index is 12.2. The van der Waals surface area contributed by atoms with Crippen molar-refractivity contribution in [1.29, 1.82) is 0 Å². The zero-order valence-electron chi connectivity index (χ0n) is 11.0. The molecule has 0 fully saturated rings. The Morgan fingerprint density at radius 3 is 3.10 bits per heavy atom. The number of aromatic nitrogens is 3. The van der Waals surface area contributed by atoms with E-state index in [2.05, 4.69) is 24.6 Å². The Balaban J connectivity index is 1.79. The highest BCUT2D eigenvalue weighted by Crippen LogP contribution is 2.19. The molecule has 104 valence electrons. The van der Waals surface area contributed by atoms with Gasteiger partial charge in [0.15, 0.2) is 11.5 Å². The maximum atomic E-state index is 12.2. The molecule has 7 heteroatoms. The van der Waals surface area contributed by atoms with Crippen molar-refractivity contribution in [2.75, 3.05) is 12.4 Å². The van der Waals surface area contributed by atoms with E-state index in [-0.39, 0.29) is 17.4 Å². The second-order valence-corrected chi connectivity index (χ2v) is 4.59. The second-order valence-electron chi connectivity index (χ2n) is 4.59. The second kappa shape index (κ2) is 4.84. The fraction of sp³-hybridized carbons (Fsp3) is 0.308. The summed E-state index contributed by atoms with van der Waals surface area (Å²) in [6, 6.07) is 1.87. The Labute approximate surface area is 115 Å². The molecule has 7 nitrogen and oxygen atoms in total. The molecule has 0 radical (unpaired) electrons. The number of amides is 1. The zero-order valence-corrected chi connectivity index (χ0v) is 11.0. The number of methoxy groups -OCH3 is 1. The van der Waals surface area contributed by atoms with E-state index in [1.807, 2.05) is 12.3 Å². The number of H-pyrrole nitrogens is 1. The lowest BCUT2D eigenvalue weighted by Crippen LogP contribution is -2.15. The predicted molar refractivity (Wildman–Crippen MR) is 70.6 cm³/mol. The first-order valence-corrected chi connectivity index (χ1v) is 6.31. The number of hydrogen-bond donors (Lipinski definition) is 2. The van der Waals surface area contributed by atoms with Crippen LogP contribution in [0.15, 0.2) is 18.6 Å². The summed E-state index contributed by atoms with van der Waals surface area (Å²) >= 11 is 0. The third-order valence-electron chi connectivity index (χ3n) is 3.34. The van der Waals surface area contributed by atoms with E-state index < -0.39 is 5.97 Å². The van der Waals surface area contributed by atoms with Crippen LogP contribution in [0.25, 0.3) is 0 Å². The number of aryl methyl sites for hydroxylation is 2. The first-order chi connectivity index (χ1) is 9.69. The minimum atomic E-state index is -0.572. The SMILES string of the molecule is COC(=O)c1[nH]cnc1NC(=O)c1cc2n(c1)CCC2. The molecule has 3 rings (SSSR count). The first-order valence-electron chi connectivity index (χ1n) is 6.31. The lowest BCUT2D eigenvalue weighted by molar-refractivity contribution is 0.0596. The molecule has 1 aliphatic rings. The van der Waals surface area contributed by atoms with Gasteiger partial charge in [0.05, 0.1) is 19.0 Å². The zero-order chi connectivity index (χ0) is 14.1. The fourth-order valence-electron chi connectivity index (χ4n) is 2.36. The van der Waals surface area contributed by atoms with E-state index in [1.54, 1.807) is 0 Å². The summed E-state index contributed by atoms with van der Waals surface area (Å²) in [4.78, 5) is 30.2. The summed E-state index contributed by atoms with van der Waals surface area (Å²) in [6.45, 7) is 0.943. The van der Waals surface area contributed by atoms with Gasteiger partial charge in [-0.15, -0.1) is 0 Å². The van der Waals surface area contributed by atoms with Gasteiger partial charge in [-0.1, -0.05) is 0 Å². The van der Waals surface area contributed by atoms with E-state index in [0.29, 0.717) is 5.56 Å². The molecule has 2 aromatic rings. The highest BCUT2D eigenvalue weighted by molar-refractivity contribution is 6.06. The molecule has 0 spiro atoms.